The van der Waals surface area contributed by atoms with E-state index >= 15 is 0 Å². The normalized spacial score (nSPS) is 18.6. The number of hydrogen-bond donors (Lipinski definition) is 1. The van der Waals surface area contributed by atoms with Gasteiger partial charge in [-0.3, -0.25) is 9.89 Å². The topological polar surface area (TPSA) is 83.1 Å². The first-order valence-electron chi connectivity index (χ1n) is 6.00. The Hall–Kier alpha value is -1.89. The van der Waals surface area contributed by atoms with Crippen LogP contribution in [0.5, 0.6) is 0 Å². The van der Waals surface area contributed by atoms with Gasteiger partial charge in [-0.15, -0.1) is 0 Å². The van der Waals surface area contributed by atoms with Crippen LogP contribution >= 0.6 is 0 Å². The number of sulfone groups is 1. The molecule has 0 aliphatic carbocycles. The first kappa shape index (κ1) is 12.2. The number of benzene rings is 1. The quantitative estimate of drug-likeness (QED) is 0.820. The molecule has 0 unspecified atom stereocenters. The van der Waals surface area contributed by atoms with Gasteiger partial charge in [0.1, 0.15) is 0 Å². The second-order valence-electron chi connectivity index (χ2n) is 4.56. The van der Waals surface area contributed by atoms with Crippen molar-refractivity contribution in [3.05, 3.63) is 30.0 Å². The van der Waals surface area contributed by atoms with Crippen LogP contribution in [0.4, 0.5) is 0 Å². The Labute approximate surface area is 110 Å². The van der Waals surface area contributed by atoms with Crippen LogP contribution < -0.4 is 0 Å². The average molecular weight is 279 g/mol. The van der Waals surface area contributed by atoms with Crippen molar-refractivity contribution >= 4 is 26.6 Å². The Morgan fingerprint density at radius 2 is 1.89 bits per heavy atom. The second kappa shape index (κ2) is 4.34. The van der Waals surface area contributed by atoms with Crippen molar-refractivity contribution in [1.29, 1.82) is 0 Å². The third kappa shape index (κ3) is 2.21. The van der Waals surface area contributed by atoms with Crippen molar-refractivity contribution in [2.45, 2.75) is 0 Å². The Bertz CT molecular complexity index is 722. The van der Waals surface area contributed by atoms with Crippen LogP contribution in [-0.2, 0) is 9.84 Å². The molecule has 1 saturated heterocycles. The number of H-pyrrole nitrogens is 1. The number of hydrogen-bond acceptors (Lipinski definition) is 4. The van der Waals surface area contributed by atoms with Gasteiger partial charge < -0.3 is 4.90 Å². The van der Waals surface area contributed by atoms with E-state index < -0.39 is 9.84 Å². The number of nitrogens with one attached hydrogen (secondary N) is 1. The third-order valence-electron chi connectivity index (χ3n) is 3.30. The molecule has 7 heteroatoms. The Balaban J connectivity index is 1.89. The van der Waals surface area contributed by atoms with Crippen LogP contribution in [0.1, 0.15) is 10.5 Å². The summed E-state index contributed by atoms with van der Waals surface area (Å²) in [6.07, 6.45) is 0. The van der Waals surface area contributed by atoms with Gasteiger partial charge in [0.15, 0.2) is 15.5 Å². The van der Waals surface area contributed by atoms with E-state index in [0.29, 0.717) is 5.69 Å². The molecule has 1 aromatic heterocycles. The van der Waals surface area contributed by atoms with Crippen LogP contribution in [0.2, 0.25) is 0 Å². The lowest BCUT2D eigenvalue weighted by Gasteiger charge is -2.26. The van der Waals surface area contributed by atoms with E-state index in [1.54, 1.807) is 4.90 Å². The molecule has 1 aromatic carbocycles. The molecule has 1 amide bonds. The molecule has 1 fully saturated rings. The average Bonchev–Trinajstić information content (AvgIpc) is 2.82. The minimum atomic E-state index is -2.98. The molecule has 6 nitrogen and oxygen atoms in total. The fraction of sp³-hybridized carbons (Fsp3) is 0.333. The summed E-state index contributed by atoms with van der Waals surface area (Å²) in [5.74, 6) is -0.158. The van der Waals surface area contributed by atoms with Crippen molar-refractivity contribution in [2.24, 2.45) is 0 Å². The van der Waals surface area contributed by atoms with E-state index in [4.69, 9.17) is 0 Å². The predicted molar refractivity (Wildman–Crippen MR) is 70.7 cm³/mol. The summed E-state index contributed by atoms with van der Waals surface area (Å²) in [6, 6.07) is 7.38. The van der Waals surface area contributed by atoms with Gasteiger partial charge in [-0.1, -0.05) is 18.2 Å². The van der Waals surface area contributed by atoms with Crippen LogP contribution in [0.3, 0.4) is 0 Å². The lowest BCUT2D eigenvalue weighted by atomic mass is 10.2. The number of para-hydroxylation sites is 1. The van der Waals surface area contributed by atoms with Gasteiger partial charge >= 0.3 is 0 Å². The lowest BCUT2D eigenvalue weighted by Crippen LogP contribution is -2.43. The van der Waals surface area contributed by atoms with Crippen LogP contribution in [0, 0.1) is 0 Å². The van der Waals surface area contributed by atoms with E-state index in [9.17, 15) is 13.2 Å². The summed E-state index contributed by atoms with van der Waals surface area (Å²) in [6.45, 7) is 0.477. The zero-order valence-corrected chi connectivity index (χ0v) is 11.0. The summed E-state index contributed by atoms with van der Waals surface area (Å²) in [7, 11) is -2.98. The second-order valence-corrected chi connectivity index (χ2v) is 6.87. The largest absolute Gasteiger partial charge is 0.335 e. The number of amides is 1. The number of aromatic nitrogens is 2. The molecule has 0 saturated carbocycles. The summed E-state index contributed by atoms with van der Waals surface area (Å²) in [4.78, 5) is 13.9. The van der Waals surface area contributed by atoms with E-state index in [-0.39, 0.29) is 30.5 Å². The highest BCUT2D eigenvalue weighted by atomic mass is 32.2. The Kier molecular flexibility index (Phi) is 2.78. The van der Waals surface area contributed by atoms with E-state index in [1.807, 2.05) is 24.3 Å². The molecule has 3 rings (SSSR count). The molecule has 2 aromatic rings. The summed E-state index contributed by atoms with van der Waals surface area (Å²) < 4.78 is 22.7. The van der Waals surface area contributed by atoms with Crippen molar-refractivity contribution in [2.75, 3.05) is 24.6 Å². The van der Waals surface area contributed by atoms with Gasteiger partial charge in [0.25, 0.3) is 5.91 Å². The Morgan fingerprint density at radius 1 is 1.21 bits per heavy atom. The highest BCUT2D eigenvalue weighted by Crippen LogP contribution is 2.17. The fourth-order valence-electron chi connectivity index (χ4n) is 2.19. The molecule has 0 bridgehead atoms. The van der Waals surface area contributed by atoms with Gasteiger partial charge in [0.05, 0.1) is 17.0 Å². The van der Waals surface area contributed by atoms with Crippen molar-refractivity contribution in [1.82, 2.24) is 15.1 Å². The van der Waals surface area contributed by atoms with Crippen molar-refractivity contribution < 1.29 is 13.2 Å². The molecule has 0 spiro atoms. The lowest BCUT2D eigenvalue weighted by molar-refractivity contribution is 0.0766. The molecule has 100 valence electrons. The van der Waals surface area contributed by atoms with Crippen molar-refractivity contribution in [3.63, 3.8) is 0 Å². The summed E-state index contributed by atoms with van der Waals surface area (Å²) >= 11 is 0. The maximum absolute atomic E-state index is 12.3. The first-order chi connectivity index (χ1) is 9.07. The maximum atomic E-state index is 12.3. The van der Waals surface area contributed by atoms with E-state index in [1.165, 1.54) is 0 Å². The smallest absolute Gasteiger partial charge is 0.275 e. The number of carbonyl (C=O) groups is 1. The van der Waals surface area contributed by atoms with Gasteiger partial charge in [-0.2, -0.15) is 5.10 Å². The molecule has 19 heavy (non-hydrogen) atoms. The molecular weight excluding hydrogens is 266 g/mol. The van der Waals surface area contributed by atoms with Crippen LogP contribution in [0.25, 0.3) is 10.9 Å². The standard InChI is InChI=1S/C12H13N3O3S/c16-12(15-5-7-19(17,18)8-6-15)11-9-3-1-2-4-10(9)13-14-11/h1-4H,5-8H2,(H,13,14). The Morgan fingerprint density at radius 3 is 2.63 bits per heavy atom. The zero-order chi connectivity index (χ0) is 13.5. The minimum Gasteiger partial charge on any atom is -0.335 e. The minimum absolute atomic E-state index is 0.0289. The van der Waals surface area contributed by atoms with Crippen LogP contribution in [0.15, 0.2) is 24.3 Å². The zero-order valence-electron chi connectivity index (χ0n) is 10.2. The van der Waals surface area contributed by atoms with Crippen molar-refractivity contribution in [3.8, 4) is 0 Å². The number of fused-ring (bicyclic) bond motifs is 1. The van der Waals surface area contributed by atoms with Gasteiger partial charge in [0.2, 0.25) is 0 Å². The maximum Gasteiger partial charge on any atom is 0.275 e. The van der Waals surface area contributed by atoms with Gasteiger partial charge in [-0.05, 0) is 6.07 Å². The van der Waals surface area contributed by atoms with Gasteiger partial charge in [-0.25, -0.2) is 8.42 Å². The molecule has 1 aliphatic heterocycles. The summed E-state index contributed by atoms with van der Waals surface area (Å²) in [5, 5.41) is 7.61. The first-order valence-corrected chi connectivity index (χ1v) is 7.82. The molecule has 1 N–H and O–H groups in total. The molecule has 2 heterocycles. The van der Waals surface area contributed by atoms with E-state index in [2.05, 4.69) is 10.2 Å². The van der Waals surface area contributed by atoms with Gasteiger partial charge in [0, 0.05) is 18.5 Å². The number of rotatable bonds is 1. The third-order valence-corrected chi connectivity index (χ3v) is 4.91. The number of nitrogens with zero attached hydrogens (tertiary/aromatic N) is 2. The van der Waals surface area contributed by atoms with E-state index in [0.717, 1.165) is 10.9 Å². The van der Waals surface area contributed by atoms with Crippen LogP contribution in [-0.4, -0.2) is 54.0 Å². The predicted octanol–water partition coefficient (Wildman–Crippen LogP) is 0.433. The summed E-state index contributed by atoms with van der Waals surface area (Å²) in [5.41, 5.74) is 1.16. The number of aromatic amines is 1. The number of carbonyl (C=O) groups excluding carboxylic acids is 1. The monoisotopic (exact) mass is 279 g/mol. The highest BCUT2D eigenvalue weighted by Gasteiger charge is 2.27. The molecule has 1 aliphatic rings. The molecule has 0 radical (unpaired) electrons. The molecule has 0 atom stereocenters. The molecular formula is C12H13N3O3S. The fourth-order valence-corrected chi connectivity index (χ4v) is 3.39. The SMILES string of the molecule is O=C(c1n[nH]c2ccccc12)N1CCS(=O)(=O)CC1. The highest BCUT2D eigenvalue weighted by molar-refractivity contribution is 7.91.